The second kappa shape index (κ2) is 7.99. The fraction of sp³-hybridized carbons (Fsp3) is 0.727. The van der Waals surface area contributed by atoms with E-state index in [9.17, 15) is 9.59 Å². The van der Waals surface area contributed by atoms with E-state index < -0.39 is 11.8 Å². The molecule has 7 heteroatoms. The van der Waals surface area contributed by atoms with E-state index in [1.807, 2.05) is 32.8 Å². The Bertz CT molecular complexity index is 318. The van der Waals surface area contributed by atoms with Gasteiger partial charge in [0, 0.05) is 12.6 Å². The Labute approximate surface area is 113 Å². The Morgan fingerprint density at radius 1 is 1.28 bits per heavy atom. The van der Waals surface area contributed by atoms with Crippen molar-refractivity contribution < 1.29 is 9.59 Å². The van der Waals surface area contributed by atoms with Crippen LogP contribution in [-0.2, 0) is 9.59 Å². The topological polar surface area (TPSA) is 87.5 Å². The van der Waals surface area contributed by atoms with Crippen molar-refractivity contribution in [3.63, 3.8) is 0 Å². The number of nitrogens with one attached hydrogen (secondary N) is 2. The lowest BCUT2D eigenvalue weighted by Gasteiger charge is -2.25. The van der Waals surface area contributed by atoms with Crippen molar-refractivity contribution in [1.29, 1.82) is 0 Å². The van der Waals surface area contributed by atoms with Crippen molar-refractivity contribution in [2.75, 3.05) is 27.2 Å². The van der Waals surface area contributed by atoms with Crippen LogP contribution in [0.15, 0.2) is 0 Å². The number of nitrogens with two attached hydrogens (primary N) is 1. The summed E-state index contributed by atoms with van der Waals surface area (Å²) in [5, 5.41) is 5.04. The van der Waals surface area contributed by atoms with E-state index >= 15 is 0 Å². The predicted octanol–water partition coefficient (Wildman–Crippen LogP) is -0.909. The van der Waals surface area contributed by atoms with Gasteiger partial charge in [0.2, 0.25) is 0 Å². The van der Waals surface area contributed by atoms with Gasteiger partial charge in [0.1, 0.15) is 0 Å². The molecule has 4 N–H and O–H groups in total. The van der Waals surface area contributed by atoms with E-state index in [4.69, 9.17) is 5.73 Å². The van der Waals surface area contributed by atoms with Gasteiger partial charge < -0.3 is 21.3 Å². The molecule has 0 saturated carbocycles. The summed E-state index contributed by atoms with van der Waals surface area (Å²) in [6, 6.07) is -0.0805. The van der Waals surface area contributed by atoms with Crippen LogP contribution in [0.5, 0.6) is 0 Å². The Balaban J connectivity index is 4.32. The van der Waals surface area contributed by atoms with Gasteiger partial charge in [0.05, 0.1) is 11.5 Å². The zero-order valence-corrected chi connectivity index (χ0v) is 12.1. The number of carbonyl (C=O) groups excluding carboxylic acids is 2. The van der Waals surface area contributed by atoms with Crippen molar-refractivity contribution in [1.82, 2.24) is 15.5 Å². The van der Waals surface area contributed by atoms with Gasteiger partial charge in [-0.15, -0.1) is 0 Å². The van der Waals surface area contributed by atoms with E-state index in [0.717, 1.165) is 0 Å². The zero-order valence-electron chi connectivity index (χ0n) is 11.3. The maximum atomic E-state index is 11.6. The third kappa shape index (κ3) is 7.18. The molecule has 0 aromatic rings. The molecule has 0 bridgehead atoms. The van der Waals surface area contributed by atoms with Crippen molar-refractivity contribution in [3.05, 3.63) is 0 Å². The van der Waals surface area contributed by atoms with Gasteiger partial charge in [-0.2, -0.15) is 0 Å². The van der Waals surface area contributed by atoms with Crippen LogP contribution in [0.25, 0.3) is 0 Å². The van der Waals surface area contributed by atoms with Crippen LogP contribution in [0.3, 0.4) is 0 Å². The number of nitrogens with zero attached hydrogens (tertiary/aromatic N) is 1. The second-order valence-corrected chi connectivity index (χ2v) is 5.26. The molecule has 1 unspecified atom stereocenters. The summed E-state index contributed by atoms with van der Waals surface area (Å²) in [6.07, 6.45) is 0. The molecule has 0 aliphatic heterocycles. The standard InChI is InChI=1S/C11H22N4O2S/c1-7(2)8(6-15(3)4)14-11(17)10(16)13-5-9(12)18/h7-8H,5-6H2,1-4H3,(H2,12,18)(H,13,16)(H,14,17). The molecule has 0 aromatic heterocycles. The largest absolute Gasteiger partial charge is 0.392 e. The fourth-order valence-electron chi connectivity index (χ4n) is 1.30. The summed E-state index contributed by atoms with van der Waals surface area (Å²) in [5.41, 5.74) is 5.23. The smallest absolute Gasteiger partial charge is 0.309 e. The van der Waals surface area contributed by atoms with Crippen molar-refractivity contribution in [3.8, 4) is 0 Å². The molecule has 0 fully saturated rings. The molecule has 18 heavy (non-hydrogen) atoms. The summed E-state index contributed by atoms with van der Waals surface area (Å²) < 4.78 is 0. The first kappa shape index (κ1) is 16.8. The van der Waals surface area contributed by atoms with Gasteiger partial charge >= 0.3 is 11.8 Å². The molecule has 0 saturated heterocycles. The molecule has 0 aliphatic rings. The fourth-order valence-corrected chi connectivity index (χ4v) is 1.37. The highest BCUT2D eigenvalue weighted by Gasteiger charge is 2.21. The number of carbonyl (C=O) groups is 2. The highest BCUT2D eigenvalue weighted by molar-refractivity contribution is 7.80. The van der Waals surface area contributed by atoms with Crippen LogP contribution in [0.2, 0.25) is 0 Å². The van der Waals surface area contributed by atoms with Crippen molar-refractivity contribution in [2.45, 2.75) is 19.9 Å². The van der Waals surface area contributed by atoms with E-state index in [-0.39, 0.29) is 23.5 Å². The average molecular weight is 274 g/mol. The van der Waals surface area contributed by atoms with Crippen LogP contribution in [-0.4, -0.2) is 54.9 Å². The van der Waals surface area contributed by atoms with Crippen molar-refractivity contribution >= 4 is 29.0 Å². The number of hydrogen-bond donors (Lipinski definition) is 3. The molecule has 0 aliphatic carbocycles. The Hall–Kier alpha value is -1.21. The number of thiocarbonyl (C=S) groups is 1. The first-order valence-electron chi connectivity index (χ1n) is 5.75. The number of hydrogen-bond acceptors (Lipinski definition) is 4. The Morgan fingerprint density at radius 3 is 2.22 bits per heavy atom. The summed E-state index contributed by atoms with van der Waals surface area (Å²) in [7, 11) is 3.82. The molecule has 1 atom stereocenters. The lowest BCUT2D eigenvalue weighted by Crippen LogP contribution is -2.50. The molecule has 0 spiro atoms. The van der Waals surface area contributed by atoms with Gasteiger partial charge in [0.25, 0.3) is 0 Å². The van der Waals surface area contributed by atoms with Crippen LogP contribution < -0.4 is 16.4 Å². The number of rotatable bonds is 6. The minimum Gasteiger partial charge on any atom is -0.392 e. The summed E-state index contributed by atoms with van der Waals surface area (Å²) >= 11 is 4.61. The van der Waals surface area contributed by atoms with Gasteiger partial charge in [-0.1, -0.05) is 26.1 Å². The molecule has 0 heterocycles. The minimum atomic E-state index is -0.716. The van der Waals surface area contributed by atoms with E-state index in [0.29, 0.717) is 6.54 Å². The minimum absolute atomic E-state index is 0.0294. The summed E-state index contributed by atoms with van der Waals surface area (Å²) in [6.45, 7) is 4.68. The summed E-state index contributed by atoms with van der Waals surface area (Å²) in [5.74, 6) is -1.14. The van der Waals surface area contributed by atoms with Crippen molar-refractivity contribution in [2.24, 2.45) is 11.7 Å². The van der Waals surface area contributed by atoms with E-state index in [2.05, 4.69) is 22.9 Å². The predicted molar refractivity (Wildman–Crippen MR) is 75.1 cm³/mol. The summed E-state index contributed by atoms with van der Waals surface area (Å²) in [4.78, 5) is 25.2. The second-order valence-electron chi connectivity index (χ2n) is 4.74. The molecule has 6 nitrogen and oxygen atoms in total. The Morgan fingerprint density at radius 2 is 1.83 bits per heavy atom. The van der Waals surface area contributed by atoms with Gasteiger partial charge in [-0.25, -0.2) is 0 Å². The number of likely N-dealkylation sites (N-methyl/N-ethyl adjacent to an activating group) is 1. The average Bonchev–Trinajstić information content (AvgIpc) is 2.23. The van der Waals surface area contributed by atoms with E-state index in [1.54, 1.807) is 0 Å². The lowest BCUT2D eigenvalue weighted by molar-refractivity contribution is -0.139. The molecule has 0 aromatic carbocycles. The highest BCUT2D eigenvalue weighted by Crippen LogP contribution is 2.02. The van der Waals surface area contributed by atoms with Crippen LogP contribution in [0.4, 0.5) is 0 Å². The zero-order chi connectivity index (χ0) is 14.3. The van der Waals surface area contributed by atoms with E-state index in [1.165, 1.54) is 0 Å². The molecule has 2 amide bonds. The van der Waals surface area contributed by atoms with Gasteiger partial charge in [-0.3, -0.25) is 9.59 Å². The third-order valence-corrected chi connectivity index (χ3v) is 2.46. The SMILES string of the molecule is CC(C)C(CN(C)C)NC(=O)C(=O)NCC(N)=S. The molecule has 104 valence electrons. The normalized spacial score (nSPS) is 12.3. The van der Waals surface area contributed by atoms with Crippen LogP contribution in [0, 0.1) is 5.92 Å². The molecule has 0 rings (SSSR count). The molecule has 0 radical (unpaired) electrons. The molecular formula is C11H22N4O2S. The maximum Gasteiger partial charge on any atom is 0.309 e. The quantitative estimate of drug-likeness (QED) is 0.431. The Kier molecular flexibility index (Phi) is 7.45. The maximum absolute atomic E-state index is 11.6. The highest BCUT2D eigenvalue weighted by atomic mass is 32.1. The molecular weight excluding hydrogens is 252 g/mol. The van der Waals surface area contributed by atoms with Crippen LogP contribution in [0.1, 0.15) is 13.8 Å². The number of amides is 2. The lowest BCUT2D eigenvalue weighted by atomic mass is 10.0. The van der Waals surface area contributed by atoms with Gasteiger partial charge in [-0.05, 0) is 20.0 Å². The monoisotopic (exact) mass is 274 g/mol. The first-order valence-corrected chi connectivity index (χ1v) is 6.16. The van der Waals surface area contributed by atoms with Gasteiger partial charge in [0.15, 0.2) is 0 Å². The first-order chi connectivity index (χ1) is 8.23. The van der Waals surface area contributed by atoms with Crippen LogP contribution >= 0.6 is 12.2 Å². The third-order valence-electron chi connectivity index (χ3n) is 2.31.